The molecule has 0 atom stereocenters. The van der Waals surface area contributed by atoms with E-state index in [1.54, 1.807) is 12.3 Å². The van der Waals surface area contributed by atoms with Gasteiger partial charge in [0.1, 0.15) is 0 Å². The Morgan fingerprint density at radius 1 is 1.12 bits per heavy atom. The van der Waals surface area contributed by atoms with Crippen molar-refractivity contribution in [3.05, 3.63) is 57.7 Å². The zero-order chi connectivity index (χ0) is 16.9. The molecule has 5 heteroatoms. The van der Waals surface area contributed by atoms with Gasteiger partial charge in [0, 0.05) is 6.20 Å². The van der Waals surface area contributed by atoms with Gasteiger partial charge in [-0.15, -0.1) is 0 Å². The Morgan fingerprint density at radius 2 is 1.83 bits per heavy atom. The molecule has 1 heterocycles. The van der Waals surface area contributed by atoms with E-state index in [2.05, 4.69) is 39.8 Å². The average molecular weight is 362 g/mol. The Kier molecular flexibility index (Phi) is 5.75. The molecule has 0 spiro atoms. The Labute approximate surface area is 153 Å². The number of halogens is 2. The Morgan fingerprint density at radius 3 is 2.50 bits per heavy atom. The molecule has 0 saturated heterocycles. The van der Waals surface area contributed by atoms with Gasteiger partial charge in [0.05, 0.1) is 15.8 Å². The highest BCUT2D eigenvalue weighted by Gasteiger charge is 2.15. The summed E-state index contributed by atoms with van der Waals surface area (Å²) in [5.41, 5.74) is 6.33. The largest absolute Gasteiger partial charge is 0.260 e. The van der Waals surface area contributed by atoms with Crippen molar-refractivity contribution in [2.75, 3.05) is 5.43 Å². The molecule has 3 nitrogen and oxygen atoms in total. The summed E-state index contributed by atoms with van der Waals surface area (Å²) in [7, 11) is 0. The number of hydrogen-bond donors (Lipinski definition) is 1. The van der Waals surface area contributed by atoms with Crippen molar-refractivity contribution >= 4 is 34.7 Å². The maximum Gasteiger partial charge on any atom is 0.165 e. The van der Waals surface area contributed by atoms with Crippen LogP contribution in [0.3, 0.4) is 0 Å². The van der Waals surface area contributed by atoms with Gasteiger partial charge in [-0.1, -0.05) is 66.7 Å². The predicted octanol–water partition coefficient (Wildman–Crippen LogP) is 6.27. The van der Waals surface area contributed by atoms with Crippen LogP contribution in [0.5, 0.6) is 0 Å². The highest BCUT2D eigenvalue weighted by Crippen LogP contribution is 2.32. The molecule has 2 aromatic rings. The van der Waals surface area contributed by atoms with Gasteiger partial charge in [0.2, 0.25) is 0 Å². The Balaban J connectivity index is 1.68. The zero-order valence-corrected chi connectivity index (χ0v) is 15.2. The lowest BCUT2D eigenvalue weighted by molar-refractivity contribution is 0.443. The normalized spacial score (nSPS) is 16.2. The SMILES string of the molecule is C/C(=N\Nc1ncc(Cl)cc1Cl)c1ccc(C2CCCCC2)cc1. The van der Waals surface area contributed by atoms with Crippen molar-refractivity contribution in [2.24, 2.45) is 5.10 Å². The van der Waals surface area contributed by atoms with Crippen LogP contribution in [0.2, 0.25) is 10.0 Å². The van der Waals surface area contributed by atoms with E-state index in [1.165, 1.54) is 37.7 Å². The van der Waals surface area contributed by atoms with Crippen LogP contribution in [-0.2, 0) is 0 Å². The van der Waals surface area contributed by atoms with Gasteiger partial charge >= 0.3 is 0 Å². The lowest BCUT2D eigenvalue weighted by Crippen LogP contribution is -2.05. The molecule has 0 aliphatic heterocycles. The van der Waals surface area contributed by atoms with E-state index in [1.807, 2.05) is 6.92 Å². The van der Waals surface area contributed by atoms with Gasteiger partial charge in [0.25, 0.3) is 0 Å². The average Bonchev–Trinajstić information content (AvgIpc) is 2.62. The summed E-state index contributed by atoms with van der Waals surface area (Å²) in [6, 6.07) is 10.4. The van der Waals surface area contributed by atoms with Crippen molar-refractivity contribution in [1.29, 1.82) is 0 Å². The number of hydrazone groups is 1. The van der Waals surface area contributed by atoms with Gasteiger partial charge in [-0.2, -0.15) is 5.10 Å². The summed E-state index contributed by atoms with van der Waals surface area (Å²) in [5, 5.41) is 5.33. The number of pyridine rings is 1. The number of rotatable bonds is 4. The number of benzene rings is 1. The molecule has 1 saturated carbocycles. The van der Waals surface area contributed by atoms with Gasteiger partial charge in [-0.3, -0.25) is 5.43 Å². The first-order chi connectivity index (χ1) is 11.6. The van der Waals surface area contributed by atoms with E-state index >= 15 is 0 Å². The number of nitrogens with zero attached hydrogens (tertiary/aromatic N) is 2. The second-order valence-corrected chi connectivity index (χ2v) is 7.09. The highest BCUT2D eigenvalue weighted by molar-refractivity contribution is 6.35. The third-order valence-electron chi connectivity index (χ3n) is 4.54. The van der Waals surface area contributed by atoms with Crippen LogP contribution in [0.15, 0.2) is 41.6 Å². The maximum absolute atomic E-state index is 6.09. The van der Waals surface area contributed by atoms with Crippen LogP contribution in [0, 0.1) is 0 Å². The summed E-state index contributed by atoms with van der Waals surface area (Å²) in [6.07, 6.45) is 8.26. The molecule has 3 rings (SSSR count). The quantitative estimate of drug-likeness (QED) is 0.514. The monoisotopic (exact) mass is 361 g/mol. The fraction of sp³-hybridized carbons (Fsp3) is 0.368. The molecule has 1 aliphatic rings. The third kappa shape index (κ3) is 4.28. The molecule has 0 radical (unpaired) electrons. The van der Waals surface area contributed by atoms with Crippen molar-refractivity contribution in [1.82, 2.24) is 4.98 Å². The fourth-order valence-electron chi connectivity index (χ4n) is 3.13. The molecule has 1 fully saturated rings. The first-order valence-electron chi connectivity index (χ1n) is 8.35. The number of anilines is 1. The van der Waals surface area contributed by atoms with Crippen LogP contribution in [0.4, 0.5) is 5.82 Å². The molecular formula is C19H21Cl2N3. The number of nitrogens with one attached hydrogen (secondary N) is 1. The van der Waals surface area contributed by atoms with Crippen LogP contribution in [0.25, 0.3) is 0 Å². The lowest BCUT2D eigenvalue weighted by atomic mass is 9.84. The van der Waals surface area contributed by atoms with Gasteiger partial charge in [-0.05, 0) is 42.9 Å². The minimum absolute atomic E-state index is 0.451. The molecule has 0 bridgehead atoms. The molecule has 126 valence electrons. The fourth-order valence-corrected chi connectivity index (χ4v) is 3.55. The summed E-state index contributed by atoms with van der Waals surface area (Å²) in [4.78, 5) is 4.14. The summed E-state index contributed by atoms with van der Waals surface area (Å²) >= 11 is 11.9. The first-order valence-corrected chi connectivity index (χ1v) is 9.11. The van der Waals surface area contributed by atoms with Crippen LogP contribution < -0.4 is 5.43 Å². The Bertz CT molecular complexity index is 720. The van der Waals surface area contributed by atoms with Crippen molar-refractivity contribution in [3.8, 4) is 0 Å². The molecule has 0 amide bonds. The van der Waals surface area contributed by atoms with E-state index in [-0.39, 0.29) is 0 Å². The van der Waals surface area contributed by atoms with Crippen molar-refractivity contribution in [3.63, 3.8) is 0 Å². The molecule has 1 aliphatic carbocycles. The molecule has 24 heavy (non-hydrogen) atoms. The van der Waals surface area contributed by atoms with Crippen LogP contribution >= 0.6 is 23.2 Å². The first kappa shape index (κ1) is 17.2. The number of aromatic nitrogens is 1. The van der Waals surface area contributed by atoms with Crippen LogP contribution in [0.1, 0.15) is 56.1 Å². The summed E-state index contributed by atoms with van der Waals surface area (Å²) in [5.74, 6) is 1.22. The number of hydrogen-bond acceptors (Lipinski definition) is 3. The molecular weight excluding hydrogens is 341 g/mol. The van der Waals surface area contributed by atoms with E-state index < -0.39 is 0 Å². The third-order valence-corrected chi connectivity index (χ3v) is 5.04. The van der Waals surface area contributed by atoms with Crippen molar-refractivity contribution in [2.45, 2.75) is 44.9 Å². The van der Waals surface area contributed by atoms with E-state index in [9.17, 15) is 0 Å². The van der Waals surface area contributed by atoms with E-state index in [0.717, 1.165) is 17.2 Å². The van der Waals surface area contributed by atoms with E-state index in [4.69, 9.17) is 23.2 Å². The molecule has 1 N–H and O–H groups in total. The van der Waals surface area contributed by atoms with Gasteiger partial charge in [0.15, 0.2) is 5.82 Å². The molecule has 1 aromatic heterocycles. The maximum atomic E-state index is 6.09. The van der Waals surface area contributed by atoms with Gasteiger partial charge in [-0.25, -0.2) is 4.98 Å². The molecule has 0 unspecified atom stereocenters. The van der Waals surface area contributed by atoms with Crippen molar-refractivity contribution < 1.29 is 0 Å². The minimum Gasteiger partial charge on any atom is -0.260 e. The van der Waals surface area contributed by atoms with Gasteiger partial charge < -0.3 is 0 Å². The predicted molar refractivity (Wildman–Crippen MR) is 102 cm³/mol. The molecule has 1 aromatic carbocycles. The minimum atomic E-state index is 0.451. The smallest absolute Gasteiger partial charge is 0.165 e. The topological polar surface area (TPSA) is 37.3 Å². The second-order valence-electron chi connectivity index (χ2n) is 6.25. The van der Waals surface area contributed by atoms with E-state index in [0.29, 0.717) is 15.9 Å². The lowest BCUT2D eigenvalue weighted by Gasteiger charge is -2.22. The zero-order valence-electron chi connectivity index (χ0n) is 13.7. The highest BCUT2D eigenvalue weighted by atomic mass is 35.5. The Hall–Kier alpha value is -1.58. The summed E-state index contributed by atoms with van der Waals surface area (Å²) < 4.78 is 0. The second kappa shape index (κ2) is 8.00. The van der Waals surface area contributed by atoms with Crippen LogP contribution in [-0.4, -0.2) is 10.7 Å². The standard InChI is InChI=1S/C19H21Cl2N3/c1-13(23-24-19-18(21)11-17(20)12-22-19)14-7-9-16(10-8-14)15-5-3-2-4-6-15/h7-12,15H,2-6H2,1H3,(H,22,24)/b23-13+. The summed E-state index contributed by atoms with van der Waals surface area (Å²) in [6.45, 7) is 1.96.